The molecule has 2 aliphatic rings. The molecule has 0 spiro atoms. The van der Waals surface area contributed by atoms with Crippen LogP contribution in [0.15, 0.2) is 66.7 Å². The Morgan fingerprint density at radius 2 is 1.76 bits per heavy atom. The number of fused-ring (bicyclic) bond motifs is 2. The Hall–Kier alpha value is -2.88. The van der Waals surface area contributed by atoms with Crippen LogP contribution >= 0.6 is 0 Å². The maximum absolute atomic E-state index is 13.3. The van der Waals surface area contributed by atoms with Gasteiger partial charge in [-0.3, -0.25) is 4.79 Å². The van der Waals surface area contributed by atoms with Gasteiger partial charge >= 0.3 is 0 Å². The maximum atomic E-state index is 13.3. The first kappa shape index (κ1) is 18.2. The van der Waals surface area contributed by atoms with Crippen molar-refractivity contribution in [3.63, 3.8) is 0 Å². The minimum Gasteiger partial charge on any atom is -0.348 e. The van der Waals surface area contributed by atoms with Crippen LogP contribution in [-0.4, -0.2) is 21.7 Å². The fourth-order valence-electron chi connectivity index (χ4n) is 5.35. The van der Waals surface area contributed by atoms with Gasteiger partial charge in [0.05, 0.1) is 11.4 Å². The molecule has 2 bridgehead atoms. The van der Waals surface area contributed by atoms with Crippen LogP contribution in [0.5, 0.6) is 0 Å². The molecule has 0 radical (unpaired) electrons. The van der Waals surface area contributed by atoms with Crippen molar-refractivity contribution in [3.8, 4) is 16.9 Å². The van der Waals surface area contributed by atoms with E-state index in [9.17, 15) is 4.79 Å². The SMILES string of the molecule is C[C@H](NC(=O)c1cc(-c2ccccc2)nn1-c1ccccc1)[C@H]1C[C@H]2CC[C@H]1C2. The molecule has 0 unspecified atom stereocenters. The number of carbonyl (C=O) groups excluding carboxylic acids is 1. The van der Waals surface area contributed by atoms with E-state index < -0.39 is 0 Å². The molecule has 1 aromatic heterocycles. The van der Waals surface area contributed by atoms with Gasteiger partial charge in [0.2, 0.25) is 0 Å². The van der Waals surface area contributed by atoms with Gasteiger partial charge in [0.25, 0.3) is 5.91 Å². The van der Waals surface area contributed by atoms with E-state index in [1.165, 1.54) is 25.7 Å². The predicted molar refractivity (Wildman–Crippen MR) is 115 cm³/mol. The number of hydrogen-bond acceptors (Lipinski definition) is 2. The van der Waals surface area contributed by atoms with E-state index in [0.29, 0.717) is 11.6 Å². The maximum Gasteiger partial charge on any atom is 0.270 e. The van der Waals surface area contributed by atoms with Crippen LogP contribution in [0.25, 0.3) is 16.9 Å². The molecular weight excluding hydrogens is 358 g/mol. The summed E-state index contributed by atoms with van der Waals surface area (Å²) >= 11 is 0. The third-order valence-electron chi connectivity index (χ3n) is 6.81. The second-order valence-electron chi connectivity index (χ2n) is 8.63. The van der Waals surface area contributed by atoms with Crippen molar-refractivity contribution in [1.29, 1.82) is 0 Å². The normalized spacial score (nSPS) is 23.8. The van der Waals surface area contributed by atoms with Gasteiger partial charge in [0, 0.05) is 11.6 Å². The Balaban J connectivity index is 1.44. The molecule has 148 valence electrons. The number of nitrogens with zero attached hydrogens (tertiary/aromatic N) is 2. The Morgan fingerprint density at radius 1 is 1.03 bits per heavy atom. The quantitative estimate of drug-likeness (QED) is 0.665. The molecule has 2 aliphatic carbocycles. The van der Waals surface area contributed by atoms with Crippen LogP contribution in [0.2, 0.25) is 0 Å². The summed E-state index contributed by atoms with van der Waals surface area (Å²) in [7, 11) is 0. The first-order valence-corrected chi connectivity index (χ1v) is 10.7. The first-order chi connectivity index (χ1) is 14.2. The topological polar surface area (TPSA) is 46.9 Å². The van der Waals surface area contributed by atoms with E-state index in [1.807, 2.05) is 66.7 Å². The van der Waals surface area contributed by atoms with Crippen molar-refractivity contribution in [3.05, 3.63) is 72.4 Å². The number of carbonyl (C=O) groups is 1. The van der Waals surface area contributed by atoms with Crippen molar-refractivity contribution >= 4 is 5.91 Å². The fourth-order valence-corrected chi connectivity index (χ4v) is 5.35. The van der Waals surface area contributed by atoms with Crippen molar-refractivity contribution in [2.24, 2.45) is 17.8 Å². The molecule has 1 heterocycles. The van der Waals surface area contributed by atoms with Gasteiger partial charge < -0.3 is 5.32 Å². The van der Waals surface area contributed by atoms with Crippen LogP contribution < -0.4 is 5.32 Å². The lowest BCUT2D eigenvalue weighted by atomic mass is 9.84. The van der Waals surface area contributed by atoms with Crippen LogP contribution in [0, 0.1) is 17.8 Å². The van der Waals surface area contributed by atoms with Crippen LogP contribution in [0.3, 0.4) is 0 Å². The van der Waals surface area contributed by atoms with E-state index in [4.69, 9.17) is 5.10 Å². The van der Waals surface area contributed by atoms with Gasteiger partial charge in [0.1, 0.15) is 5.69 Å². The summed E-state index contributed by atoms with van der Waals surface area (Å²) in [5.74, 6) is 2.23. The molecule has 0 aliphatic heterocycles. The molecule has 4 nitrogen and oxygen atoms in total. The van der Waals surface area contributed by atoms with Crippen molar-refractivity contribution in [2.75, 3.05) is 0 Å². The lowest BCUT2D eigenvalue weighted by Crippen LogP contribution is -2.40. The summed E-state index contributed by atoms with van der Waals surface area (Å²) in [5, 5.41) is 8.07. The highest BCUT2D eigenvalue weighted by Crippen LogP contribution is 2.49. The Bertz CT molecular complexity index is 995. The van der Waals surface area contributed by atoms with Crippen LogP contribution in [0.4, 0.5) is 0 Å². The van der Waals surface area contributed by atoms with E-state index in [-0.39, 0.29) is 11.9 Å². The summed E-state index contributed by atoms with van der Waals surface area (Å²) in [6.07, 6.45) is 5.32. The monoisotopic (exact) mass is 385 g/mol. The highest BCUT2D eigenvalue weighted by atomic mass is 16.2. The highest BCUT2D eigenvalue weighted by Gasteiger charge is 2.42. The molecule has 29 heavy (non-hydrogen) atoms. The lowest BCUT2D eigenvalue weighted by Gasteiger charge is -2.28. The molecule has 4 heteroatoms. The van der Waals surface area contributed by atoms with E-state index in [2.05, 4.69) is 12.2 Å². The number of para-hydroxylation sites is 1. The minimum absolute atomic E-state index is 0.0428. The lowest BCUT2D eigenvalue weighted by molar-refractivity contribution is 0.0907. The van der Waals surface area contributed by atoms with Crippen LogP contribution in [0.1, 0.15) is 43.1 Å². The van der Waals surface area contributed by atoms with Crippen molar-refractivity contribution in [1.82, 2.24) is 15.1 Å². The smallest absolute Gasteiger partial charge is 0.270 e. The fraction of sp³-hybridized carbons (Fsp3) is 0.360. The van der Waals surface area contributed by atoms with Crippen molar-refractivity contribution < 1.29 is 4.79 Å². The van der Waals surface area contributed by atoms with Crippen LogP contribution in [-0.2, 0) is 0 Å². The molecule has 4 atom stereocenters. The summed E-state index contributed by atoms with van der Waals surface area (Å²) in [6.45, 7) is 2.17. The Kier molecular flexibility index (Phi) is 4.70. The first-order valence-electron chi connectivity index (χ1n) is 10.7. The number of nitrogens with one attached hydrogen (secondary N) is 1. The molecular formula is C25H27N3O. The van der Waals surface area contributed by atoms with Gasteiger partial charge in [-0.1, -0.05) is 55.0 Å². The highest BCUT2D eigenvalue weighted by molar-refractivity contribution is 5.94. The second-order valence-corrected chi connectivity index (χ2v) is 8.63. The molecule has 2 saturated carbocycles. The molecule has 2 fully saturated rings. The summed E-state index contributed by atoms with van der Waals surface area (Å²) in [5.41, 5.74) is 3.31. The number of hydrogen-bond donors (Lipinski definition) is 1. The molecule has 2 aromatic carbocycles. The Morgan fingerprint density at radius 3 is 2.41 bits per heavy atom. The number of rotatable bonds is 5. The third kappa shape index (κ3) is 3.48. The van der Waals surface area contributed by atoms with Crippen molar-refractivity contribution in [2.45, 2.75) is 38.6 Å². The van der Waals surface area contributed by atoms with Gasteiger partial charge in [-0.25, -0.2) is 4.68 Å². The van der Waals surface area contributed by atoms with E-state index >= 15 is 0 Å². The molecule has 3 aromatic rings. The number of benzene rings is 2. The standard InChI is InChI=1S/C25H27N3O/c1-17(22-15-18-12-13-20(22)14-18)26-25(29)24-16-23(19-8-4-2-5-9-19)27-28(24)21-10-6-3-7-11-21/h2-11,16-18,20,22H,12-15H2,1H3,(H,26,29)/t17-,18-,20-,22+/m0/s1. The van der Waals surface area contributed by atoms with Gasteiger partial charge in [-0.15, -0.1) is 0 Å². The van der Waals surface area contributed by atoms with Gasteiger partial charge in [-0.05, 0) is 62.1 Å². The molecule has 1 amide bonds. The van der Waals surface area contributed by atoms with Gasteiger partial charge in [0.15, 0.2) is 0 Å². The minimum atomic E-state index is -0.0428. The summed E-state index contributed by atoms with van der Waals surface area (Å²) in [4.78, 5) is 13.3. The average Bonchev–Trinajstić information content (AvgIpc) is 3.50. The molecule has 1 N–H and O–H groups in total. The zero-order valence-corrected chi connectivity index (χ0v) is 16.8. The van der Waals surface area contributed by atoms with E-state index in [0.717, 1.165) is 28.8 Å². The molecule has 0 saturated heterocycles. The largest absolute Gasteiger partial charge is 0.348 e. The predicted octanol–water partition coefficient (Wildman–Crippen LogP) is 5.09. The zero-order chi connectivity index (χ0) is 19.8. The number of amides is 1. The van der Waals surface area contributed by atoms with Gasteiger partial charge in [-0.2, -0.15) is 5.10 Å². The Labute approximate surface area is 172 Å². The summed E-state index contributed by atoms with van der Waals surface area (Å²) < 4.78 is 1.77. The summed E-state index contributed by atoms with van der Waals surface area (Å²) in [6, 6.07) is 22.0. The molecule has 5 rings (SSSR count). The van der Waals surface area contributed by atoms with E-state index in [1.54, 1.807) is 4.68 Å². The zero-order valence-electron chi connectivity index (χ0n) is 16.8. The average molecular weight is 386 g/mol. The second kappa shape index (κ2) is 7.51. The number of aromatic nitrogens is 2. The third-order valence-corrected chi connectivity index (χ3v) is 6.81.